The highest BCUT2D eigenvalue weighted by molar-refractivity contribution is 9.10. The molecule has 3 nitrogen and oxygen atoms in total. The molecule has 0 aromatic heterocycles. The van der Waals surface area contributed by atoms with E-state index in [-0.39, 0.29) is 10.9 Å². The summed E-state index contributed by atoms with van der Waals surface area (Å²) in [5.74, 6) is 0. The Morgan fingerprint density at radius 2 is 1.62 bits per heavy atom. The van der Waals surface area contributed by atoms with E-state index in [0.717, 1.165) is 15.4 Å². The molecule has 0 spiro atoms. The van der Waals surface area contributed by atoms with E-state index >= 15 is 0 Å². The molecule has 6 heteroatoms. The zero-order valence-electron chi connectivity index (χ0n) is 12.8. The second-order valence-corrected chi connectivity index (χ2v) is 8.49. The van der Waals surface area contributed by atoms with E-state index in [1.807, 2.05) is 43.3 Å². The van der Waals surface area contributed by atoms with Crippen molar-refractivity contribution in [3.8, 4) is 0 Å². The van der Waals surface area contributed by atoms with Crippen molar-refractivity contribution in [2.75, 3.05) is 0 Å². The minimum Gasteiger partial charge on any atom is -0.207 e. The Balaban J connectivity index is 2.01. The van der Waals surface area contributed by atoms with Crippen LogP contribution in [-0.4, -0.2) is 8.42 Å². The summed E-state index contributed by atoms with van der Waals surface area (Å²) in [5.41, 5.74) is 0.883. The Morgan fingerprint density at radius 3 is 2.29 bits per heavy atom. The first-order valence-electron chi connectivity index (χ1n) is 7.33. The fourth-order valence-corrected chi connectivity index (χ4v) is 4.69. The number of nitrogens with one attached hydrogen (secondary N) is 1. The summed E-state index contributed by atoms with van der Waals surface area (Å²) in [6, 6.07) is 17.7. The van der Waals surface area contributed by atoms with Gasteiger partial charge >= 0.3 is 0 Å². The zero-order valence-corrected chi connectivity index (χ0v) is 16.0. The summed E-state index contributed by atoms with van der Waals surface area (Å²) < 4.78 is 29.4. The van der Waals surface area contributed by atoms with E-state index in [9.17, 15) is 8.42 Å². The third kappa shape index (κ3) is 3.49. The lowest BCUT2D eigenvalue weighted by molar-refractivity contribution is 0.568. The standard InChI is InChI=1S/C18H15BrClNO2S/c1-12(13-8-10-15(19)11-9-13)21-24(22,23)17-7-3-5-14-4-2-6-16(20)18(14)17/h2-12,21H,1H3/t12-/m1/s1. The van der Waals surface area contributed by atoms with Crippen LogP contribution >= 0.6 is 27.5 Å². The summed E-state index contributed by atoms with van der Waals surface area (Å²) in [5, 5.41) is 1.75. The second-order valence-electron chi connectivity index (χ2n) is 5.49. The molecule has 0 unspecified atom stereocenters. The van der Waals surface area contributed by atoms with Crippen molar-refractivity contribution in [1.29, 1.82) is 0 Å². The Morgan fingerprint density at radius 1 is 1.00 bits per heavy atom. The van der Waals surface area contributed by atoms with Gasteiger partial charge in [0.25, 0.3) is 0 Å². The normalized spacial score (nSPS) is 13.1. The van der Waals surface area contributed by atoms with Crippen molar-refractivity contribution < 1.29 is 8.42 Å². The number of benzene rings is 3. The quantitative estimate of drug-likeness (QED) is 0.618. The maximum Gasteiger partial charge on any atom is 0.241 e. The van der Waals surface area contributed by atoms with E-state index in [1.165, 1.54) is 0 Å². The van der Waals surface area contributed by atoms with Crippen LogP contribution in [0.2, 0.25) is 5.02 Å². The molecule has 1 N–H and O–H groups in total. The predicted molar refractivity (Wildman–Crippen MR) is 102 cm³/mol. The average molecular weight is 425 g/mol. The van der Waals surface area contributed by atoms with Gasteiger partial charge in [-0.15, -0.1) is 0 Å². The molecule has 1 atom stereocenters. The molecule has 0 saturated carbocycles. The molecule has 0 bridgehead atoms. The Kier molecular flexibility index (Phi) is 4.97. The fourth-order valence-electron chi connectivity index (χ4n) is 2.60. The number of hydrogen-bond donors (Lipinski definition) is 1. The van der Waals surface area contributed by atoms with Crippen molar-refractivity contribution in [3.63, 3.8) is 0 Å². The minimum absolute atomic E-state index is 0.189. The van der Waals surface area contributed by atoms with Gasteiger partial charge in [0.2, 0.25) is 10.0 Å². The van der Waals surface area contributed by atoms with Crippen LogP contribution < -0.4 is 4.72 Å². The van der Waals surface area contributed by atoms with Gasteiger partial charge in [-0.05, 0) is 42.1 Å². The molecular weight excluding hydrogens is 410 g/mol. The van der Waals surface area contributed by atoms with E-state index in [0.29, 0.717) is 10.4 Å². The van der Waals surface area contributed by atoms with Crippen LogP contribution in [0.3, 0.4) is 0 Å². The van der Waals surface area contributed by atoms with Crippen molar-refractivity contribution in [1.82, 2.24) is 4.72 Å². The Hall–Kier alpha value is -1.40. The van der Waals surface area contributed by atoms with E-state index in [2.05, 4.69) is 20.7 Å². The summed E-state index contributed by atoms with van der Waals surface area (Å²) in [6.45, 7) is 1.81. The number of rotatable bonds is 4. The van der Waals surface area contributed by atoms with E-state index < -0.39 is 10.0 Å². The summed E-state index contributed by atoms with van der Waals surface area (Å²) in [7, 11) is -3.71. The van der Waals surface area contributed by atoms with E-state index in [4.69, 9.17) is 11.6 Å². The topological polar surface area (TPSA) is 46.2 Å². The van der Waals surface area contributed by atoms with E-state index in [1.54, 1.807) is 24.3 Å². The summed E-state index contributed by atoms with van der Waals surface area (Å²) in [4.78, 5) is 0.189. The Bertz CT molecular complexity index is 982. The number of sulfonamides is 1. The molecule has 0 fully saturated rings. The smallest absolute Gasteiger partial charge is 0.207 e. The SMILES string of the molecule is C[C@@H](NS(=O)(=O)c1cccc2cccc(Cl)c12)c1ccc(Br)cc1. The fraction of sp³-hybridized carbons (Fsp3) is 0.111. The Labute approximate surface area is 154 Å². The first kappa shape index (κ1) is 17.4. The van der Waals surface area contributed by atoms with Crippen LogP contribution in [0.25, 0.3) is 10.8 Å². The van der Waals surface area contributed by atoms with Gasteiger partial charge in [0.15, 0.2) is 0 Å². The van der Waals surface area contributed by atoms with Crippen LogP contribution in [0.15, 0.2) is 70.0 Å². The van der Waals surface area contributed by atoms with Crippen LogP contribution in [0, 0.1) is 0 Å². The molecule has 0 aliphatic rings. The van der Waals surface area contributed by atoms with Crippen LogP contribution in [0.5, 0.6) is 0 Å². The third-order valence-corrected chi connectivity index (χ3v) is 6.23. The molecule has 0 aliphatic heterocycles. The van der Waals surface area contributed by atoms with Gasteiger partial charge in [0.05, 0.1) is 4.90 Å². The highest BCUT2D eigenvalue weighted by atomic mass is 79.9. The molecule has 24 heavy (non-hydrogen) atoms. The largest absolute Gasteiger partial charge is 0.241 e. The highest BCUT2D eigenvalue weighted by Crippen LogP contribution is 2.30. The van der Waals surface area contributed by atoms with Crippen molar-refractivity contribution >= 4 is 48.3 Å². The number of halogens is 2. The van der Waals surface area contributed by atoms with Crippen LogP contribution in [-0.2, 0) is 10.0 Å². The molecular formula is C18H15BrClNO2S. The van der Waals surface area contributed by atoms with Gasteiger partial charge in [0.1, 0.15) is 0 Å². The average Bonchev–Trinajstić information content (AvgIpc) is 2.55. The van der Waals surface area contributed by atoms with Gasteiger partial charge in [-0.25, -0.2) is 13.1 Å². The number of fused-ring (bicyclic) bond motifs is 1. The van der Waals surface area contributed by atoms with Gasteiger partial charge < -0.3 is 0 Å². The first-order valence-corrected chi connectivity index (χ1v) is 9.99. The lowest BCUT2D eigenvalue weighted by Crippen LogP contribution is -2.27. The molecule has 3 aromatic rings. The first-order chi connectivity index (χ1) is 11.4. The van der Waals surface area contributed by atoms with Crippen molar-refractivity contribution in [2.24, 2.45) is 0 Å². The molecule has 3 aromatic carbocycles. The van der Waals surface area contributed by atoms with Crippen molar-refractivity contribution in [2.45, 2.75) is 17.9 Å². The molecule has 0 aliphatic carbocycles. The molecule has 0 saturated heterocycles. The predicted octanol–water partition coefficient (Wildman–Crippen LogP) is 5.30. The van der Waals surface area contributed by atoms with Gasteiger partial charge in [-0.3, -0.25) is 0 Å². The second kappa shape index (κ2) is 6.84. The van der Waals surface area contributed by atoms with Gasteiger partial charge in [0, 0.05) is 20.9 Å². The number of hydrogen-bond acceptors (Lipinski definition) is 2. The minimum atomic E-state index is -3.71. The van der Waals surface area contributed by atoms with Crippen molar-refractivity contribution in [3.05, 3.63) is 75.7 Å². The summed E-state index contributed by atoms with van der Waals surface area (Å²) in [6.07, 6.45) is 0. The maximum atomic E-state index is 12.9. The zero-order chi connectivity index (χ0) is 17.3. The molecule has 0 heterocycles. The summed E-state index contributed by atoms with van der Waals surface area (Å²) >= 11 is 9.62. The molecule has 124 valence electrons. The lowest BCUT2D eigenvalue weighted by atomic mass is 10.1. The third-order valence-electron chi connectivity index (χ3n) is 3.81. The highest BCUT2D eigenvalue weighted by Gasteiger charge is 2.21. The van der Waals surface area contributed by atoms with Gasteiger partial charge in [-0.1, -0.05) is 63.9 Å². The molecule has 0 amide bonds. The lowest BCUT2D eigenvalue weighted by Gasteiger charge is -2.16. The van der Waals surface area contributed by atoms with Crippen LogP contribution in [0.1, 0.15) is 18.5 Å². The monoisotopic (exact) mass is 423 g/mol. The van der Waals surface area contributed by atoms with Gasteiger partial charge in [-0.2, -0.15) is 0 Å². The van der Waals surface area contributed by atoms with Crippen LogP contribution in [0.4, 0.5) is 0 Å². The molecule has 0 radical (unpaired) electrons. The molecule has 3 rings (SSSR count). The maximum absolute atomic E-state index is 12.9.